The first kappa shape index (κ1) is 17.7. The van der Waals surface area contributed by atoms with Crippen molar-refractivity contribution in [3.05, 3.63) is 58.2 Å². The molecule has 0 atom stereocenters. The molecule has 134 valence electrons. The van der Waals surface area contributed by atoms with E-state index in [4.69, 9.17) is 5.73 Å². The molecule has 7 nitrogen and oxygen atoms in total. The highest BCUT2D eigenvalue weighted by atomic mass is 32.1. The van der Waals surface area contributed by atoms with Crippen molar-refractivity contribution < 1.29 is 4.79 Å². The topological polar surface area (TPSA) is 93.2 Å². The van der Waals surface area contributed by atoms with E-state index >= 15 is 0 Å². The maximum absolute atomic E-state index is 12.3. The standard InChI is InChI=1S/C18H19N5O2S/c1-22(2)13-7-5-12(6-8-13)20-17(24)11-23-18(25)14(19)10-15(21-23)16-4-3-9-26-16/h3-10H,11,19H2,1-2H3,(H,20,24). The van der Waals surface area contributed by atoms with Crippen LogP contribution in [-0.4, -0.2) is 29.8 Å². The van der Waals surface area contributed by atoms with Crippen molar-refractivity contribution in [3.63, 3.8) is 0 Å². The Morgan fingerprint density at radius 2 is 2.00 bits per heavy atom. The Labute approximate surface area is 154 Å². The molecule has 0 saturated heterocycles. The van der Waals surface area contributed by atoms with E-state index in [0.717, 1.165) is 15.2 Å². The second-order valence-corrected chi connectivity index (χ2v) is 6.86. The van der Waals surface area contributed by atoms with E-state index in [0.29, 0.717) is 11.4 Å². The molecular weight excluding hydrogens is 350 g/mol. The maximum atomic E-state index is 12.3. The van der Waals surface area contributed by atoms with Crippen LogP contribution in [0, 0.1) is 0 Å². The highest BCUT2D eigenvalue weighted by Crippen LogP contribution is 2.22. The molecule has 0 aliphatic heterocycles. The molecule has 0 aliphatic rings. The number of carbonyl (C=O) groups is 1. The Balaban J connectivity index is 1.77. The molecule has 3 N–H and O–H groups in total. The summed E-state index contributed by atoms with van der Waals surface area (Å²) in [7, 11) is 3.88. The maximum Gasteiger partial charge on any atom is 0.290 e. The number of nitrogen functional groups attached to an aromatic ring is 1. The highest BCUT2D eigenvalue weighted by molar-refractivity contribution is 7.13. The van der Waals surface area contributed by atoms with Crippen molar-refractivity contribution in [3.8, 4) is 10.6 Å². The molecule has 0 saturated carbocycles. The van der Waals surface area contributed by atoms with Crippen LogP contribution in [0.4, 0.5) is 17.1 Å². The largest absolute Gasteiger partial charge is 0.394 e. The van der Waals surface area contributed by atoms with Gasteiger partial charge >= 0.3 is 0 Å². The number of hydrogen-bond donors (Lipinski definition) is 2. The molecule has 0 spiro atoms. The summed E-state index contributed by atoms with van der Waals surface area (Å²) in [5, 5.41) is 8.93. The Morgan fingerprint density at radius 3 is 2.62 bits per heavy atom. The van der Waals surface area contributed by atoms with E-state index < -0.39 is 5.56 Å². The average molecular weight is 369 g/mol. The number of nitrogens with two attached hydrogens (primary N) is 1. The summed E-state index contributed by atoms with van der Waals surface area (Å²) in [6.07, 6.45) is 0. The van der Waals surface area contributed by atoms with Crippen LogP contribution in [0.15, 0.2) is 52.6 Å². The molecule has 3 rings (SSSR count). The van der Waals surface area contributed by atoms with Gasteiger partial charge in [0.15, 0.2) is 0 Å². The van der Waals surface area contributed by atoms with Gasteiger partial charge in [-0.3, -0.25) is 9.59 Å². The zero-order chi connectivity index (χ0) is 18.7. The molecule has 1 amide bonds. The van der Waals surface area contributed by atoms with Gasteiger partial charge in [-0.2, -0.15) is 5.10 Å². The van der Waals surface area contributed by atoms with Crippen LogP contribution in [0.25, 0.3) is 10.6 Å². The lowest BCUT2D eigenvalue weighted by molar-refractivity contribution is -0.117. The van der Waals surface area contributed by atoms with Gasteiger partial charge < -0.3 is 16.0 Å². The quantitative estimate of drug-likeness (QED) is 0.720. The van der Waals surface area contributed by atoms with Gasteiger partial charge in [0, 0.05) is 25.5 Å². The molecule has 0 radical (unpaired) electrons. The van der Waals surface area contributed by atoms with Crippen LogP contribution < -0.4 is 21.5 Å². The molecule has 2 heterocycles. The Hall–Kier alpha value is -3.13. The molecule has 0 bridgehead atoms. The van der Waals surface area contributed by atoms with E-state index in [-0.39, 0.29) is 18.1 Å². The lowest BCUT2D eigenvalue weighted by Crippen LogP contribution is -2.31. The fourth-order valence-electron chi connectivity index (χ4n) is 2.39. The number of thiophene rings is 1. The smallest absolute Gasteiger partial charge is 0.290 e. The van der Waals surface area contributed by atoms with Gasteiger partial charge in [0.25, 0.3) is 5.56 Å². The lowest BCUT2D eigenvalue weighted by atomic mass is 10.2. The average Bonchev–Trinajstić information content (AvgIpc) is 3.14. The first-order valence-corrected chi connectivity index (χ1v) is 8.81. The predicted octanol–water partition coefficient (Wildman–Crippen LogP) is 2.26. The number of hydrogen-bond acceptors (Lipinski definition) is 6. The van der Waals surface area contributed by atoms with Crippen molar-refractivity contribution in [2.45, 2.75) is 6.54 Å². The number of nitrogens with one attached hydrogen (secondary N) is 1. The molecule has 2 aromatic heterocycles. The van der Waals surface area contributed by atoms with Gasteiger partial charge in [0.1, 0.15) is 17.9 Å². The third-order valence-electron chi connectivity index (χ3n) is 3.74. The SMILES string of the molecule is CN(C)c1ccc(NC(=O)Cn2nc(-c3cccs3)cc(N)c2=O)cc1. The van der Waals surface area contributed by atoms with Crippen LogP contribution in [0.2, 0.25) is 0 Å². The summed E-state index contributed by atoms with van der Waals surface area (Å²) in [6.45, 7) is -0.211. The minimum Gasteiger partial charge on any atom is -0.394 e. The fourth-order valence-corrected chi connectivity index (χ4v) is 3.08. The molecular formula is C18H19N5O2S. The van der Waals surface area contributed by atoms with Gasteiger partial charge in [0.05, 0.1) is 4.88 Å². The minimum atomic E-state index is -0.483. The Kier molecular flexibility index (Phi) is 5.04. The van der Waals surface area contributed by atoms with Gasteiger partial charge in [-0.1, -0.05) is 6.07 Å². The summed E-state index contributed by atoms with van der Waals surface area (Å²) >= 11 is 1.49. The summed E-state index contributed by atoms with van der Waals surface area (Å²) < 4.78 is 1.09. The minimum absolute atomic E-state index is 0.0616. The summed E-state index contributed by atoms with van der Waals surface area (Å²) in [5.41, 5.74) is 7.62. The normalized spacial score (nSPS) is 10.5. The van der Waals surface area contributed by atoms with Gasteiger partial charge in [-0.15, -0.1) is 11.3 Å². The number of carbonyl (C=O) groups excluding carboxylic acids is 1. The van der Waals surface area contributed by atoms with Crippen molar-refractivity contribution in [2.24, 2.45) is 0 Å². The number of anilines is 3. The summed E-state index contributed by atoms with van der Waals surface area (Å²) in [5.74, 6) is -0.347. The number of nitrogens with zero attached hydrogens (tertiary/aromatic N) is 3. The third kappa shape index (κ3) is 3.92. The fraction of sp³-hybridized carbons (Fsp3) is 0.167. The van der Waals surface area contributed by atoms with Crippen molar-refractivity contribution in [1.82, 2.24) is 9.78 Å². The van der Waals surface area contributed by atoms with Crippen LogP contribution >= 0.6 is 11.3 Å². The molecule has 0 aliphatic carbocycles. The zero-order valence-electron chi connectivity index (χ0n) is 14.5. The highest BCUT2D eigenvalue weighted by Gasteiger charge is 2.12. The number of aromatic nitrogens is 2. The van der Waals surface area contributed by atoms with E-state index in [9.17, 15) is 9.59 Å². The lowest BCUT2D eigenvalue weighted by Gasteiger charge is -2.13. The first-order valence-electron chi connectivity index (χ1n) is 7.93. The Bertz CT molecular complexity index is 962. The first-order chi connectivity index (χ1) is 12.4. The molecule has 0 fully saturated rings. The van der Waals surface area contributed by atoms with E-state index in [2.05, 4.69) is 10.4 Å². The number of rotatable bonds is 5. The molecule has 3 aromatic rings. The van der Waals surface area contributed by atoms with Gasteiger partial charge in [-0.25, -0.2) is 4.68 Å². The second-order valence-electron chi connectivity index (χ2n) is 5.91. The van der Waals surface area contributed by atoms with E-state index in [1.165, 1.54) is 17.4 Å². The van der Waals surface area contributed by atoms with Gasteiger partial charge in [-0.05, 0) is 41.8 Å². The van der Waals surface area contributed by atoms with Crippen LogP contribution in [0.5, 0.6) is 0 Å². The third-order valence-corrected chi connectivity index (χ3v) is 4.63. The van der Waals surface area contributed by atoms with E-state index in [1.54, 1.807) is 12.1 Å². The Morgan fingerprint density at radius 1 is 1.27 bits per heavy atom. The molecule has 1 aromatic carbocycles. The molecule has 8 heteroatoms. The number of amides is 1. The summed E-state index contributed by atoms with van der Waals surface area (Å²) in [4.78, 5) is 27.3. The van der Waals surface area contributed by atoms with Crippen molar-refractivity contribution in [1.29, 1.82) is 0 Å². The summed E-state index contributed by atoms with van der Waals surface area (Å²) in [6, 6.07) is 12.7. The van der Waals surface area contributed by atoms with Crippen molar-refractivity contribution in [2.75, 3.05) is 30.0 Å². The van der Waals surface area contributed by atoms with E-state index in [1.807, 2.05) is 48.6 Å². The van der Waals surface area contributed by atoms with Crippen LogP contribution in [0.1, 0.15) is 0 Å². The molecule has 26 heavy (non-hydrogen) atoms. The predicted molar refractivity (Wildman–Crippen MR) is 106 cm³/mol. The second kappa shape index (κ2) is 7.40. The zero-order valence-corrected chi connectivity index (χ0v) is 15.3. The molecule has 0 unspecified atom stereocenters. The van der Waals surface area contributed by atoms with Crippen LogP contribution in [-0.2, 0) is 11.3 Å². The van der Waals surface area contributed by atoms with Gasteiger partial charge in [0.2, 0.25) is 5.91 Å². The van der Waals surface area contributed by atoms with Crippen LogP contribution in [0.3, 0.4) is 0 Å². The number of benzene rings is 1. The monoisotopic (exact) mass is 369 g/mol. The van der Waals surface area contributed by atoms with Crippen molar-refractivity contribution >= 4 is 34.3 Å².